The number of unbranched alkanes of at least 4 members (excludes halogenated alkanes) is 1. The van der Waals surface area contributed by atoms with E-state index >= 15 is 0 Å². The average Bonchev–Trinajstić information content (AvgIpc) is 2.34. The SMILES string of the molecule is CCCCOCC(N)c1ccc(OC(F)F)cc1. The molecule has 2 N–H and O–H groups in total. The predicted molar refractivity (Wildman–Crippen MR) is 65.7 cm³/mol. The van der Waals surface area contributed by atoms with E-state index in [0.29, 0.717) is 13.2 Å². The van der Waals surface area contributed by atoms with E-state index in [1.54, 1.807) is 12.1 Å². The third-order valence-corrected chi connectivity index (χ3v) is 2.47. The number of hydrogen-bond donors (Lipinski definition) is 1. The molecule has 5 heteroatoms. The standard InChI is InChI=1S/C13H19F2NO2/c1-2-3-8-17-9-12(16)10-4-6-11(7-5-10)18-13(14)15/h4-7,12-13H,2-3,8-9,16H2,1H3. The van der Waals surface area contributed by atoms with Crippen molar-refractivity contribution in [1.29, 1.82) is 0 Å². The van der Waals surface area contributed by atoms with Crippen molar-refractivity contribution in [2.24, 2.45) is 5.73 Å². The van der Waals surface area contributed by atoms with Gasteiger partial charge in [0.25, 0.3) is 0 Å². The lowest BCUT2D eigenvalue weighted by Gasteiger charge is -2.13. The number of nitrogens with two attached hydrogens (primary N) is 1. The minimum Gasteiger partial charge on any atom is -0.435 e. The Balaban J connectivity index is 2.41. The maximum Gasteiger partial charge on any atom is 0.387 e. The Hall–Kier alpha value is -1.20. The van der Waals surface area contributed by atoms with Gasteiger partial charge in [-0.2, -0.15) is 8.78 Å². The molecule has 1 aromatic rings. The van der Waals surface area contributed by atoms with Crippen molar-refractivity contribution in [3.05, 3.63) is 29.8 Å². The first-order valence-corrected chi connectivity index (χ1v) is 6.01. The highest BCUT2D eigenvalue weighted by Gasteiger charge is 2.08. The zero-order valence-corrected chi connectivity index (χ0v) is 10.4. The van der Waals surface area contributed by atoms with Crippen LogP contribution in [0.5, 0.6) is 5.75 Å². The summed E-state index contributed by atoms with van der Waals surface area (Å²) in [5.41, 5.74) is 6.76. The lowest BCUT2D eigenvalue weighted by molar-refractivity contribution is -0.0498. The van der Waals surface area contributed by atoms with E-state index in [0.717, 1.165) is 18.4 Å². The van der Waals surface area contributed by atoms with Crippen LogP contribution in [0.3, 0.4) is 0 Å². The van der Waals surface area contributed by atoms with Crippen molar-refractivity contribution in [2.45, 2.75) is 32.4 Å². The lowest BCUT2D eigenvalue weighted by Crippen LogP contribution is -2.17. The van der Waals surface area contributed by atoms with Crippen molar-refractivity contribution >= 4 is 0 Å². The number of halogens is 2. The fourth-order valence-corrected chi connectivity index (χ4v) is 1.45. The van der Waals surface area contributed by atoms with Gasteiger partial charge in [-0.1, -0.05) is 25.5 Å². The van der Waals surface area contributed by atoms with Crippen LogP contribution >= 0.6 is 0 Å². The molecule has 0 saturated carbocycles. The Bertz CT molecular complexity index is 330. The van der Waals surface area contributed by atoms with Crippen LogP contribution in [0.4, 0.5) is 8.78 Å². The fraction of sp³-hybridized carbons (Fsp3) is 0.538. The molecule has 0 bridgehead atoms. The first-order valence-electron chi connectivity index (χ1n) is 6.01. The Morgan fingerprint density at radius 2 is 1.89 bits per heavy atom. The molecule has 0 aliphatic heterocycles. The first kappa shape index (κ1) is 14.9. The molecule has 1 unspecified atom stereocenters. The Morgan fingerprint density at radius 3 is 2.44 bits per heavy atom. The fourth-order valence-electron chi connectivity index (χ4n) is 1.45. The molecule has 0 saturated heterocycles. The van der Waals surface area contributed by atoms with Gasteiger partial charge in [-0.05, 0) is 24.1 Å². The third kappa shape index (κ3) is 5.42. The van der Waals surface area contributed by atoms with Crippen molar-refractivity contribution in [1.82, 2.24) is 0 Å². The summed E-state index contributed by atoms with van der Waals surface area (Å²) in [6.45, 7) is 0.401. The van der Waals surface area contributed by atoms with Gasteiger partial charge >= 0.3 is 6.61 Å². The minimum absolute atomic E-state index is 0.132. The summed E-state index contributed by atoms with van der Waals surface area (Å²) in [4.78, 5) is 0. The van der Waals surface area contributed by atoms with Crippen LogP contribution in [0.25, 0.3) is 0 Å². The number of rotatable bonds is 8. The van der Waals surface area contributed by atoms with Gasteiger partial charge in [-0.15, -0.1) is 0 Å². The van der Waals surface area contributed by atoms with Gasteiger partial charge in [-0.3, -0.25) is 0 Å². The summed E-state index contributed by atoms with van der Waals surface area (Å²) in [6.07, 6.45) is 2.09. The largest absolute Gasteiger partial charge is 0.435 e. The zero-order chi connectivity index (χ0) is 13.4. The molecule has 102 valence electrons. The predicted octanol–water partition coefficient (Wildman–Crippen LogP) is 3.10. The number of hydrogen-bond acceptors (Lipinski definition) is 3. The van der Waals surface area contributed by atoms with Crippen LogP contribution in [0.1, 0.15) is 31.4 Å². The van der Waals surface area contributed by atoms with Crippen LogP contribution in [0.15, 0.2) is 24.3 Å². The molecule has 0 amide bonds. The van der Waals surface area contributed by atoms with E-state index in [1.807, 2.05) is 0 Å². The summed E-state index contributed by atoms with van der Waals surface area (Å²) in [5.74, 6) is 0.132. The highest BCUT2D eigenvalue weighted by molar-refractivity contribution is 5.29. The van der Waals surface area contributed by atoms with Gasteiger partial charge in [0, 0.05) is 6.61 Å². The number of alkyl halides is 2. The quantitative estimate of drug-likeness (QED) is 0.729. The molecular weight excluding hydrogens is 240 g/mol. The third-order valence-electron chi connectivity index (χ3n) is 2.47. The molecule has 0 aliphatic rings. The average molecular weight is 259 g/mol. The second-order valence-corrected chi connectivity index (χ2v) is 3.98. The summed E-state index contributed by atoms with van der Waals surface area (Å²) in [5, 5.41) is 0. The summed E-state index contributed by atoms with van der Waals surface area (Å²) in [6, 6.07) is 6.06. The summed E-state index contributed by atoms with van der Waals surface area (Å²) < 4.78 is 33.6. The summed E-state index contributed by atoms with van der Waals surface area (Å²) >= 11 is 0. The number of ether oxygens (including phenoxy) is 2. The number of benzene rings is 1. The van der Waals surface area contributed by atoms with Crippen molar-refractivity contribution in [3.8, 4) is 5.75 Å². The van der Waals surface area contributed by atoms with E-state index in [-0.39, 0.29) is 11.8 Å². The van der Waals surface area contributed by atoms with Crippen molar-refractivity contribution in [3.63, 3.8) is 0 Å². The monoisotopic (exact) mass is 259 g/mol. The molecule has 3 nitrogen and oxygen atoms in total. The second kappa shape index (κ2) is 8.00. The topological polar surface area (TPSA) is 44.5 Å². The molecule has 0 radical (unpaired) electrons. The maximum atomic E-state index is 12.0. The molecule has 0 aliphatic carbocycles. The van der Waals surface area contributed by atoms with Crippen LogP contribution in [0.2, 0.25) is 0 Å². The molecule has 1 aromatic carbocycles. The van der Waals surface area contributed by atoms with Gasteiger partial charge in [0.1, 0.15) is 5.75 Å². The Kier molecular flexibility index (Phi) is 6.60. The minimum atomic E-state index is -2.80. The lowest BCUT2D eigenvalue weighted by atomic mass is 10.1. The highest BCUT2D eigenvalue weighted by atomic mass is 19.3. The van der Waals surface area contributed by atoms with Gasteiger partial charge in [0.2, 0.25) is 0 Å². The van der Waals surface area contributed by atoms with Gasteiger partial charge in [-0.25, -0.2) is 0 Å². The van der Waals surface area contributed by atoms with Gasteiger partial charge in [0.15, 0.2) is 0 Å². The van der Waals surface area contributed by atoms with E-state index < -0.39 is 6.61 Å². The molecule has 1 atom stereocenters. The van der Waals surface area contributed by atoms with Crippen LogP contribution in [-0.4, -0.2) is 19.8 Å². The van der Waals surface area contributed by atoms with E-state index in [9.17, 15) is 8.78 Å². The molecule has 0 spiro atoms. The van der Waals surface area contributed by atoms with Gasteiger partial charge in [0.05, 0.1) is 12.6 Å². The van der Waals surface area contributed by atoms with E-state index in [4.69, 9.17) is 10.5 Å². The van der Waals surface area contributed by atoms with Gasteiger partial charge < -0.3 is 15.2 Å². The van der Waals surface area contributed by atoms with Crippen molar-refractivity contribution in [2.75, 3.05) is 13.2 Å². The van der Waals surface area contributed by atoms with Crippen LogP contribution in [0, 0.1) is 0 Å². The maximum absolute atomic E-state index is 12.0. The van der Waals surface area contributed by atoms with E-state index in [1.165, 1.54) is 12.1 Å². The van der Waals surface area contributed by atoms with Crippen LogP contribution < -0.4 is 10.5 Å². The molecular formula is C13H19F2NO2. The Morgan fingerprint density at radius 1 is 1.22 bits per heavy atom. The summed E-state index contributed by atoms with van der Waals surface area (Å²) in [7, 11) is 0. The zero-order valence-electron chi connectivity index (χ0n) is 10.4. The molecule has 1 rings (SSSR count). The smallest absolute Gasteiger partial charge is 0.387 e. The second-order valence-electron chi connectivity index (χ2n) is 3.98. The molecule has 0 aromatic heterocycles. The molecule has 18 heavy (non-hydrogen) atoms. The first-order chi connectivity index (χ1) is 8.63. The van der Waals surface area contributed by atoms with Crippen molar-refractivity contribution < 1.29 is 18.3 Å². The molecule has 0 fully saturated rings. The Labute approximate surface area is 106 Å². The van der Waals surface area contributed by atoms with E-state index in [2.05, 4.69) is 11.7 Å². The normalized spacial score (nSPS) is 12.7. The molecule has 0 heterocycles. The highest BCUT2D eigenvalue weighted by Crippen LogP contribution is 2.18. The van der Waals surface area contributed by atoms with Crippen LogP contribution in [-0.2, 0) is 4.74 Å².